The minimum absolute atomic E-state index is 0.909. The molecule has 9 aromatic carbocycles. The average molecular weight is 571 g/mol. The molecule has 0 atom stereocenters. The van der Waals surface area contributed by atoms with E-state index >= 15 is 0 Å². The average Bonchev–Trinajstić information content (AvgIpc) is 3.50. The molecular weight excluding hydrogens is 544 g/mol. The summed E-state index contributed by atoms with van der Waals surface area (Å²) in [6, 6.07) is 57.2. The van der Waals surface area contributed by atoms with Gasteiger partial charge in [-0.25, -0.2) is 0 Å². The normalized spacial score (nSPS) is 12.0. The molecule has 0 amide bonds. The minimum Gasteiger partial charge on any atom is -0.455 e. The van der Waals surface area contributed by atoms with E-state index in [1.165, 1.54) is 70.9 Å². The van der Waals surface area contributed by atoms with Gasteiger partial charge in [-0.05, 0) is 83.0 Å². The van der Waals surface area contributed by atoms with Crippen LogP contribution in [-0.2, 0) is 0 Å². The van der Waals surface area contributed by atoms with Crippen molar-refractivity contribution in [2.75, 3.05) is 0 Å². The largest absolute Gasteiger partial charge is 0.455 e. The number of hydrogen-bond donors (Lipinski definition) is 0. The maximum absolute atomic E-state index is 6.74. The molecule has 10 rings (SSSR count). The summed E-state index contributed by atoms with van der Waals surface area (Å²) in [4.78, 5) is 0. The van der Waals surface area contributed by atoms with Crippen LogP contribution in [0.1, 0.15) is 0 Å². The molecule has 1 heteroatoms. The minimum atomic E-state index is 0.909. The lowest BCUT2D eigenvalue weighted by Crippen LogP contribution is -1.90. The van der Waals surface area contributed by atoms with E-state index in [9.17, 15) is 0 Å². The van der Waals surface area contributed by atoms with Gasteiger partial charge in [-0.3, -0.25) is 0 Å². The highest BCUT2D eigenvalue weighted by Crippen LogP contribution is 2.47. The number of hydrogen-bond acceptors (Lipinski definition) is 1. The summed E-state index contributed by atoms with van der Waals surface area (Å²) in [6.07, 6.45) is 0. The van der Waals surface area contributed by atoms with Gasteiger partial charge in [0.05, 0.1) is 0 Å². The molecule has 1 aromatic heterocycles. The van der Waals surface area contributed by atoms with Crippen LogP contribution in [0.5, 0.6) is 0 Å². The van der Waals surface area contributed by atoms with E-state index in [0.717, 1.165) is 27.5 Å². The molecular formula is C44H26O. The Morgan fingerprint density at radius 1 is 0.289 bits per heavy atom. The molecule has 0 aliphatic heterocycles. The summed E-state index contributed by atoms with van der Waals surface area (Å²) in [5.41, 5.74) is 9.08. The van der Waals surface area contributed by atoms with Gasteiger partial charge in [-0.2, -0.15) is 0 Å². The zero-order valence-electron chi connectivity index (χ0n) is 24.4. The smallest absolute Gasteiger partial charge is 0.143 e. The lowest BCUT2D eigenvalue weighted by Gasteiger charge is -2.17. The van der Waals surface area contributed by atoms with Gasteiger partial charge in [0.2, 0.25) is 0 Å². The molecule has 0 aliphatic carbocycles. The van der Waals surface area contributed by atoms with Crippen molar-refractivity contribution in [3.8, 4) is 33.4 Å². The molecule has 0 saturated heterocycles. The molecule has 1 nitrogen and oxygen atoms in total. The molecule has 45 heavy (non-hydrogen) atoms. The Kier molecular flexibility index (Phi) is 5.06. The molecule has 208 valence electrons. The highest BCUT2D eigenvalue weighted by molar-refractivity contribution is 6.29. The molecule has 0 N–H and O–H groups in total. The maximum Gasteiger partial charge on any atom is 0.143 e. The Hall–Kier alpha value is -5.92. The molecule has 0 aliphatic rings. The highest BCUT2D eigenvalue weighted by atomic mass is 16.3. The molecule has 0 bridgehead atoms. The standard InChI is InChI=1S/C44H26O/c1-2-9-27(10-3-1)32-21-17-29-20-24-36-34(22-18-30-19-23-35(32)41(29)42(30)36)37-25-26-38(33-15-8-12-28-11-4-5-13-31(28)33)44-43(37)39-14-6-7-16-40(39)45-44/h1-26H. The quantitative estimate of drug-likeness (QED) is 0.193. The van der Waals surface area contributed by atoms with Gasteiger partial charge >= 0.3 is 0 Å². The van der Waals surface area contributed by atoms with E-state index in [2.05, 4.69) is 158 Å². The molecule has 0 unspecified atom stereocenters. The second-order valence-corrected chi connectivity index (χ2v) is 12.0. The van der Waals surface area contributed by atoms with Gasteiger partial charge in [0.15, 0.2) is 0 Å². The van der Waals surface area contributed by atoms with Crippen LogP contribution in [0.25, 0.3) is 98.4 Å². The third kappa shape index (κ3) is 3.50. The Balaban J connectivity index is 1.30. The van der Waals surface area contributed by atoms with Crippen molar-refractivity contribution in [3.05, 3.63) is 158 Å². The van der Waals surface area contributed by atoms with Crippen molar-refractivity contribution in [2.24, 2.45) is 0 Å². The lowest BCUT2D eigenvalue weighted by molar-refractivity contribution is 0.670. The number of rotatable bonds is 3. The van der Waals surface area contributed by atoms with Crippen LogP contribution in [0.2, 0.25) is 0 Å². The number of furan rings is 1. The van der Waals surface area contributed by atoms with Crippen LogP contribution < -0.4 is 0 Å². The van der Waals surface area contributed by atoms with Crippen LogP contribution >= 0.6 is 0 Å². The first-order valence-electron chi connectivity index (χ1n) is 15.5. The topological polar surface area (TPSA) is 13.1 Å². The molecule has 0 radical (unpaired) electrons. The van der Waals surface area contributed by atoms with Crippen molar-refractivity contribution < 1.29 is 4.42 Å². The van der Waals surface area contributed by atoms with E-state index in [0.29, 0.717) is 0 Å². The second kappa shape index (κ2) is 9.29. The van der Waals surface area contributed by atoms with Crippen molar-refractivity contribution in [3.63, 3.8) is 0 Å². The van der Waals surface area contributed by atoms with Crippen LogP contribution in [-0.4, -0.2) is 0 Å². The van der Waals surface area contributed by atoms with Gasteiger partial charge in [-0.1, -0.05) is 146 Å². The van der Waals surface area contributed by atoms with Crippen LogP contribution in [0.15, 0.2) is 162 Å². The first kappa shape index (κ1) is 24.5. The summed E-state index contributed by atoms with van der Waals surface area (Å²) in [5.74, 6) is 0. The van der Waals surface area contributed by atoms with Crippen molar-refractivity contribution >= 4 is 65.0 Å². The zero-order valence-corrected chi connectivity index (χ0v) is 24.4. The number of para-hydroxylation sites is 1. The molecule has 0 spiro atoms. The van der Waals surface area contributed by atoms with Gasteiger partial charge in [0, 0.05) is 16.3 Å². The Morgan fingerprint density at radius 3 is 1.69 bits per heavy atom. The highest BCUT2D eigenvalue weighted by Gasteiger charge is 2.21. The van der Waals surface area contributed by atoms with E-state index in [1.807, 2.05) is 0 Å². The van der Waals surface area contributed by atoms with Crippen molar-refractivity contribution in [1.82, 2.24) is 0 Å². The van der Waals surface area contributed by atoms with Crippen molar-refractivity contribution in [1.29, 1.82) is 0 Å². The monoisotopic (exact) mass is 570 g/mol. The Bertz CT molecular complexity index is 2740. The summed E-state index contributed by atoms with van der Waals surface area (Å²) in [7, 11) is 0. The summed E-state index contributed by atoms with van der Waals surface area (Å²) < 4.78 is 6.74. The van der Waals surface area contributed by atoms with Gasteiger partial charge in [0.1, 0.15) is 11.2 Å². The lowest BCUT2D eigenvalue weighted by atomic mass is 9.86. The van der Waals surface area contributed by atoms with E-state index in [1.54, 1.807) is 0 Å². The van der Waals surface area contributed by atoms with Crippen LogP contribution in [0.3, 0.4) is 0 Å². The van der Waals surface area contributed by atoms with Crippen molar-refractivity contribution in [2.45, 2.75) is 0 Å². The maximum atomic E-state index is 6.74. The van der Waals surface area contributed by atoms with Crippen LogP contribution in [0, 0.1) is 0 Å². The fraction of sp³-hybridized carbons (Fsp3) is 0. The van der Waals surface area contributed by atoms with Crippen LogP contribution in [0.4, 0.5) is 0 Å². The molecule has 0 fully saturated rings. The van der Waals surface area contributed by atoms with Gasteiger partial charge < -0.3 is 4.42 Å². The first-order chi connectivity index (χ1) is 22.3. The third-order valence-electron chi connectivity index (χ3n) is 9.65. The predicted molar refractivity (Wildman–Crippen MR) is 191 cm³/mol. The Labute approximate surface area is 259 Å². The van der Waals surface area contributed by atoms with E-state index in [-0.39, 0.29) is 0 Å². The molecule has 1 heterocycles. The fourth-order valence-corrected chi connectivity index (χ4v) is 7.63. The van der Waals surface area contributed by atoms with E-state index < -0.39 is 0 Å². The Morgan fingerprint density at radius 2 is 0.867 bits per heavy atom. The summed E-state index contributed by atoms with van der Waals surface area (Å²) >= 11 is 0. The zero-order chi connectivity index (χ0) is 29.5. The SMILES string of the molecule is c1ccc(-c2ccc3ccc4c(-c5ccc(-c6cccc7ccccc67)c6oc7ccccc7c56)ccc5ccc2c3c54)cc1. The van der Waals surface area contributed by atoms with Gasteiger partial charge in [-0.15, -0.1) is 0 Å². The summed E-state index contributed by atoms with van der Waals surface area (Å²) in [6.45, 7) is 0. The predicted octanol–water partition coefficient (Wildman–Crippen LogP) is 12.6. The fourth-order valence-electron chi connectivity index (χ4n) is 7.63. The third-order valence-corrected chi connectivity index (χ3v) is 9.65. The first-order valence-corrected chi connectivity index (χ1v) is 15.5. The number of benzene rings is 9. The summed E-state index contributed by atoms with van der Waals surface area (Å²) in [5, 5.41) is 12.5. The number of fused-ring (bicyclic) bond motifs is 4. The molecule has 0 saturated carbocycles. The molecule has 10 aromatic rings. The van der Waals surface area contributed by atoms with E-state index in [4.69, 9.17) is 4.42 Å². The second-order valence-electron chi connectivity index (χ2n) is 12.0. The van der Waals surface area contributed by atoms with Gasteiger partial charge in [0.25, 0.3) is 0 Å².